The number of aromatic nitrogens is 1. The van der Waals surface area contributed by atoms with Crippen molar-refractivity contribution in [3.63, 3.8) is 0 Å². The highest BCUT2D eigenvalue weighted by molar-refractivity contribution is 6.16. The molecule has 0 bridgehead atoms. The Bertz CT molecular complexity index is 126. The second-order valence-electron chi connectivity index (χ2n) is 1.06. The fourth-order valence-corrected chi connectivity index (χ4v) is 0.399. The zero-order chi connectivity index (χ0) is 5.11. The molecule has 0 N–H and O–H groups in total. The number of alkyl halides is 1. The van der Waals surface area contributed by atoms with Crippen LogP contribution >= 0.6 is 11.6 Å². The van der Waals surface area contributed by atoms with E-state index in [0.29, 0.717) is 11.6 Å². The van der Waals surface area contributed by atoms with E-state index in [9.17, 15) is 0 Å². The normalized spacial score (nSPS) is 9.29. The third-order valence-electron chi connectivity index (χ3n) is 0.573. The molecule has 0 fully saturated rings. The summed E-state index contributed by atoms with van der Waals surface area (Å²) in [5.41, 5.74) is 0. The molecule has 1 aromatic rings. The predicted octanol–water partition coefficient (Wildman–Crippen LogP) is 1.21. The highest BCUT2D eigenvalue weighted by Gasteiger charge is 1.89. The van der Waals surface area contributed by atoms with Crippen LogP contribution in [0.3, 0.4) is 0 Å². The molecule has 1 rings (SSSR count). The highest BCUT2D eigenvalue weighted by atomic mass is 35.5. The minimum absolute atomic E-state index is 0.372. The third-order valence-corrected chi connectivity index (χ3v) is 0.836. The third kappa shape index (κ3) is 0.933. The van der Waals surface area contributed by atoms with Gasteiger partial charge in [-0.25, -0.2) is 0 Å². The predicted molar refractivity (Wildman–Crippen MR) is 24.9 cm³/mol. The SMILES string of the molecule is ClCc1c[c]no1. The van der Waals surface area contributed by atoms with Gasteiger partial charge in [0.05, 0.1) is 5.88 Å². The Kier molecular flexibility index (Phi) is 1.32. The molecule has 0 aromatic carbocycles. The van der Waals surface area contributed by atoms with Crippen LogP contribution in [-0.4, -0.2) is 5.16 Å². The molecule has 0 saturated heterocycles. The second kappa shape index (κ2) is 1.98. The quantitative estimate of drug-likeness (QED) is 0.516. The van der Waals surface area contributed by atoms with Crippen LogP contribution in [0, 0.1) is 6.20 Å². The maximum atomic E-state index is 5.31. The summed E-state index contributed by atoms with van der Waals surface area (Å²) in [5, 5.41) is 3.31. The van der Waals surface area contributed by atoms with Crippen molar-refractivity contribution in [2.75, 3.05) is 0 Å². The number of halogens is 1. The summed E-state index contributed by atoms with van der Waals surface area (Å²) in [6, 6.07) is 1.60. The van der Waals surface area contributed by atoms with E-state index in [0.717, 1.165) is 0 Å². The minimum Gasteiger partial charge on any atom is -0.359 e. The first kappa shape index (κ1) is 4.65. The molecule has 0 unspecified atom stereocenters. The molecule has 0 aliphatic heterocycles. The van der Waals surface area contributed by atoms with Crippen LogP contribution in [-0.2, 0) is 5.88 Å². The van der Waals surface area contributed by atoms with E-state index in [1.807, 2.05) is 0 Å². The Morgan fingerprint density at radius 2 is 2.86 bits per heavy atom. The van der Waals surface area contributed by atoms with E-state index in [1.165, 1.54) is 0 Å². The van der Waals surface area contributed by atoms with Crippen molar-refractivity contribution < 1.29 is 4.52 Å². The van der Waals surface area contributed by atoms with Crippen LogP contribution in [0.25, 0.3) is 0 Å². The molecule has 7 heavy (non-hydrogen) atoms. The molecule has 0 saturated carbocycles. The average Bonchev–Trinajstić information content (AvgIpc) is 2.14. The molecular formula is C4H3ClNO. The van der Waals surface area contributed by atoms with Crippen molar-refractivity contribution in [3.8, 4) is 0 Å². The lowest BCUT2D eigenvalue weighted by atomic mass is 10.5. The molecule has 1 aromatic heterocycles. The van der Waals surface area contributed by atoms with Gasteiger partial charge in [0.15, 0.2) is 5.76 Å². The zero-order valence-electron chi connectivity index (χ0n) is 3.52. The monoisotopic (exact) mass is 116 g/mol. The minimum atomic E-state index is 0.372. The van der Waals surface area contributed by atoms with Crippen LogP contribution in [0.5, 0.6) is 0 Å². The lowest BCUT2D eigenvalue weighted by Gasteiger charge is -1.74. The molecule has 0 spiro atoms. The van der Waals surface area contributed by atoms with Gasteiger partial charge >= 0.3 is 0 Å². The summed E-state index contributed by atoms with van der Waals surface area (Å²) in [4.78, 5) is 0. The summed E-state index contributed by atoms with van der Waals surface area (Å²) in [6.45, 7) is 0. The fourth-order valence-electron chi connectivity index (χ4n) is 0.273. The van der Waals surface area contributed by atoms with Crippen molar-refractivity contribution in [3.05, 3.63) is 18.0 Å². The van der Waals surface area contributed by atoms with Crippen molar-refractivity contribution in [2.45, 2.75) is 5.88 Å². The summed E-state index contributed by atoms with van der Waals surface area (Å²) < 4.78 is 4.55. The van der Waals surface area contributed by atoms with Gasteiger partial charge in [0.2, 0.25) is 0 Å². The molecule has 0 aliphatic carbocycles. The van der Waals surface area contributed by atoms with Crippen molar-refractivity contribution in [1.29, 1.82) is 0 Å². The Hall–Kier alpha value is -0.500. The molecule has 1 heterocycles. The van der Waals surface area contributed by atoms with Crippen molar-refractivity contribution in [1.82, 2.24) is 5.16 Å². The number of nitrogens with zero attached hydrogens (tertiary/aromatic N) is 1. The summed E-state index contributed by atoms with van der Waals surface area (Å²) in [6.07, 6.45) is 2.48. The number of hydrogen-bond acceptors (Lipinski definition) is 2. The lowest BCUT2D eigenvalue weighted by molar-refractivity contribution is 0.393. The van der Waals surface area contributed by atoms with Gasteiger partial charge in [0.1, 0.15) is 6.20 Å². The van der Waals surface area contributed by atoms with E-state index < -0.39 is 0 Å². The zero-order valence-corrected chi connectivity index (χ0v) is 4.27. The van der Waals surface area contributed by atoms with E-state index in [2.05, 4.69) is 15.9 Å². The van der Waals surface area contributed by atoms with E-state index in [4.69, 9.17) is 11.6 Å². The molecule has 0 aliphatic rings. The van der Waals surface area contributed by atoms with Gasteiger partial charge < -0.3 is 4.52 Å². The maximum Gasteiger partial charge on any atom is 0.152 e. The number of rotatable bonds is 1. The first-order valence-electron chi connectivity index (χ1n) is 1.81. The molecule has 37 valence electrons. The topological polar surface area (TPSA) is 26.0 Å². The Balaban J connectivity index is 2.76. The van der Waals surface area contributed by atoms with Gasteiger partial charge in [-0.05, 0) is 0 Å². The molecule has 1 radical (unpaired) electrons. The molecule has 0 amide bonds. The van der Waals surface area contributed by atoms with Crippen LogP contribution in [0.15, 0.2) is 10.6 Å². The van der Waals surface area contributed by atoms with Gasteiger partial charge in [-0.3, -0.25) is 0 Å². The van der Waals surface area contributed by atoms with Gasteiger partial charge in [0, 0.05) is 6.07 Å². The van der Waals surface area contributed by atoms with Crippen LogP contribution in [0.2, 0.25) is 0 Å². The average molecular weight is 117 g/mol. The Morgan fingerprint density at radius 1 is 2.00 bits per heavy atom. The van der Waals surface area contributed by atoms with Gasteiger partial charge in [-0.1, -0.05) is 5.16 Å². The Labute approximate surface area is 46.1 Å². The first-order chi connectivity index (χ1) is 3.43. The summed E-state index contributed by atoms with van der Waals surface area (Å²) in [7, 11) is 0. The maximum absolute atomic E-state index is 5.31. The fraction of sp³-hybridized carbons (Fsp3) is 0.250. The largest absolute Gasteiger partial charge is 0.359 e. The highest BCUT2D eigenvalue weighted by Crippen LogP contribution is 1.98. The van der Waals surface area contributed by atoms with Gasteiger partial charge in [-0.15, -0.1) is 11.6 Å². The molecule has 3 heteroatoms. The first-order valence-corrected chi connectivity index (χ1v) is 2.34. The van der Waals surface area contributed by atoms with Crippen LogP contribution < -0.4 is 0 Å². The molecular weight excluding hydrogens is 114 g/mol. The van der Waals surface area contributed by atoms with E-state index >= 15 is 0 Å². The lowest BCUT2D eigenvalue weighted by Crippen LogP contribution is -1.63. The van der Waals surface area contributed by atoms with Crippen molar-refractivity contribution >= 4 is 11.6 Å². The smallest absolute Gasteiger partial charge is 0.152 e. The summed E-state index contributed by atoms with van der Waals surface area (Å²) >= 11 is 5.31. The standard InChI is InChI=1S/C4H3ClNO/c5-3-4-1-2-6-7-4/h1H,3H2. The summed E-state index contributed by atoms with van der Waals surface area (Å²) in [5.74, 6) is 1.03. The van der Waals surface area contributed by atoms with Gasteiger partial charge in [0.25, 0.3) is 0 Å². The van der Waals surface area contributed by atoms with E-state index in [-0.39, 0.29) is 0 Å². The van der Waals surface area contributed by atoms with Gasteiger partial charge in [-0.2, -0.15) is 0 Å². The van der Waals surface area contributed by atoms with E-state index in [1.54, 1.807) is 6.07 Å². The molecule has 0 atom stereocenters. The molecule has 2 nitrogen and oxygen atoms in total. The number of hydrogen-bond donors (Lipinski definition) is 0. The second-order valence-corrected chi connectivity index (χ2v) is 1.32. The van der Waals surface area contributed by atoms with Crippen LogP contribution in [0.1, 0.15) is 5.76 Å². The van der Waals surface area contributed by atoms with Crippen molar-refractivity contribution in [2.24, 2.45) is 0 Å². The Morgan fingerprint density at radius 3 is 3.14 bits per heavy atom. The van der Waals surface area contributed by atoms with Crippen LogP contribution in [0.4, 0.5) is 0 Å².